The molecular weight excluding hydrogens is 212 g/mol. The highest BCUT2D eigenvalue weighted by Gasteiger charge is 2.37. The fraction of sp³-hybridized carbons (Fsp3) is 1.00. The van der Waals surface area contributed by atoms with Crippen molar-refractivity contribution in [2.24, 2.45) is 11.7 Å². The van der Waals surface area contributed by atoms with Crippen molar-refractivity contribution < 1.29 is 5.11 Å². The first-order chi connectivity index (χ1) is 8.04. The molecule has 4 unspecified atom stereocenters. The second-order valence-corrected chi connectivity index (χ2v) is 6.49. The fourth-order valence-corrected chi connectivity index (χ4v) is 3.76. The minimum Gasteiger partial charge on any atom is -0.394 e. The first-order valence-electron chi connectivity index (χ1n) is 7.19. The molecule has 3 nitrogen and oxygen atoms in total. The van der Waals surface area contributed by atoms with Gasteiger partial charge in [-0.3, -0.25) is 4.90 Å². The van der Waals surface area contributed by atoms with Crippen LogP contribution in [0.15, 0.2) is 0 Å². The van der Waals surface area contributed by atoms with Crippen LogP contribution >= 0.6 is 0 Å². The van der Waals surface area contributed by atoms with E-state index in [1.54, 1.807) is 0 Å². The van der Waals surface area contributed by atoms with Crippen molar-refractivity contribution in [2.45, 2.75) is 70.0 Å². The highest BCUT2D eigenvalue weighted by atomic mass is 16.3. The number of nitrogens with zero attached hydrogens (tertiary/aromatic N) is 1. The molecule has 3 N–H and O–H groups in total. The van der Waals surface area contributed by atoms with Crippen LogP contribution in [0.2, 0.25) is 0 Å². The summed E-state index contributed by atoms with van der Waals surface area (Å²) in [5, 5.41) is 9.43. The molecule has 1 aliphatic carbocycles. The predicted molar refractivity (Wildman–Crippen MR) is 70.8 cm³/mol. The van der Waals surface area contributed by atoms with Gasteiger partial charge in [0.25, 0.3) is 0 Å². The van der Waals surface area contributed by atoms with Gasteiger partial charge in [0, 0.05) is 17.6 Å². The smallest absolute Gasteiger partial charge is 0.0611 e. The largest absolute Gasteiger partial charge is 0.394 e. The van der Waals surface area contributed by atoms with Gasteiger partial charge in [0.1, 0.15) is 0 Å². The van der Waals surface area contributed by atoms with Crippen LogP contribution in [0.5, 0.6) is 0 Å². The minimum atomic E-state index is -0.314. The first-order valence-corrected chi connectivity index (χ1v) is 7.19. The van der Waals surface area contributed by atoms with Gasteiger partial charge in [-0.1, -0.05) is 6.92 Å². The second-order valence-electron chi connectivity index (χ2n) is 6.49. The maximum atomic E-state index is 9.43. The quantitative estimate of drug-likeness (QED) is 0.773. The molecular formula is C14H28N2O. The highest BCUT2D eigenvalue weighted by molar-refractivity contribution is 4.95. The molecule has 4 atom stereocenters. The van der Waals surface area contributed by atoms with Gasteiger partial charge in [0.2, 0.25) is 0 Å². The maximum absolute atomic E-state index is 9.43. The van der Waals surface area contributed by atoms with Gasteiger partial charge in [0.15, 0.2) is 0 Å². The summed E-state index contributed by atoms with van der Waals surface area (Å²) in [6.45, 7) is 6.06. The molecule has 0 spiro atoms. The average Bonchev–Trinajstić information content (AvgIpc) is 2.29. The Bertz CT molecular complexity index is 259. The molecule has 1 saturated heterocycles. The lowest BCUT2D eigenvalue weighted by atomic mass is 9.78. The van der Waals surface area contributed by atoms with Crippen LogP contribution in [0.4, 0.5) is 0 Å². The molecule has 17 heavy (non-hydrogen) atoms. The Hall–Kier alpha value is -0.120. The predicted octanol–water partition coefficient (Wildman–Crippen LogP) is 1.74. The number of nitrogens with two attached hydrogens (primary N) is 1. The molecule has 0 bridgehead atoms. The van der Waals surface area contributed by atoms with Crippen LogP contribution in [-0.4, -0.2) is 40.8 Å². The molecule has 1 heterocycles. The van der Waals surface area contributed by atoms with E-state index in [0.29, 0.717) is 12.1 Å². The monoisotopic (exact) mass is 240 g/mol. The Morgan fingerprint density at radius 1 is 1.35 bits per heavy atom. The van der Waals surface area contributed by atoms with Crippen LogP contribution < -0.4 is 5.73 Å². The van der Waals surface area contributed by atoms with Crippen molar-refractivity contribution in [1.29, 1.82) is 0 Å². The zero-order valence-electron chi connectivity index (χ0n) is 11.4. The molecule has 2 fully saturated rings. The number of hydrogen-bond donors (Lipinski definition) is 2. The van der Waals surface area contributed by atoms with Crippen molar-refractivity contribution in [3.8, 4) is 0 Å². The van der Waals surface area contributed by atoms with E-state index in [-0.39, 0.29) is 12.1 Å². The summed E-state index contributed by atoms with van der Waals surface area (Å²) in [7, 11) is 0. The number of rotatable bonds is 2. The number of piperidine rings is 1. The van der Waals surface area contributed by atoms with Crippen LogP contribution in [0.3, 0.4) is 0 Å². The third-order valence-electron chi connectivity index (χ3n) is 4.83. The number of aliphatic hydroxyl groups excluding tert-OH is 1. The molecule has 1 aliphatic heterocycles. The van der Waals surface area contributed by atoms with E-state index in [1.807, 2.05) is 0 Å². The Morgan fingerprint density at radius 2 is 2.12 bits per heavy atom. The third kappa shape index (κ3) is 3.01. The molecule has 3 heteroatoms. The molecule has 0 amide bonds. The molecule has 2 aliphatic rings. The molecule has 0 aromatic rings. The van der Waals surface area contributed by atoms with Crippen molar-refractivity contribution in [2.75, 3.05) is 13.2 Å². The van der Waals surface area contributed by atoms with E-state index >= 15 is 0 Å². The van der Waals surface area contributed by atoms with Gasteiger partial charge in [-0.15, -0.1) is 0 Å². The van der Waals surface area contributed by atoms with Gasteiger partial charge in [0.05, 0.1) is 6.61 Å². The number of aliphatic hydroxyl groups is 1. The number of hydrogen-bond acceptors (Lipinski definition) is 3. The van der Waals surface area contributed by atoms with Crippen LogP contribution in [-0.2, 0) is 0 Å². The van der Waals surface area contributed by atoms with Crippen LogP contribution in [0.25, 0.3) is 0 Å². The molecule has 0 aromatic heterocycles. The van der Waals surface area contributed by atoms with Gasteiger partial charge in [-0.2, -0.15) is 0 Å². The fourth-order valence-electron chi connectivity index (χ4n) is 3.76. The topological polar surface area (TPSA) is 49.5 Å². The summed E-state index contributed by atoms with van der Waals surface area (Å²) in [6, 6.07) is 1.29. The molecule has 0 aromatic carbocycles. The van der Waals surface area contributed by atoms with E-state index in [9.17, 15) is 5.11 Å². The van der Waals surface area contributed by atoms with Crippen molar-refractivity contribution in [3.63, 3.8) is 0 Å². The van der Waals surface area contributed by atoms with E-state index in [0.717, 1.165) is 18.8 Å². The molecule has 100 valence electrons. The Kier molecular flexibility index (Phi) is 4.11. The Balaban J connectivity index is 1.97. The summed E-state index contributed by atoms with van der Waals surface area (Å²) in [5.41, 5.74) is 5.94. The minimum absolute atomic E-state index is 0.141. The van der Waals surface area contributed by atoms with Gasteiger partial charge >= 0.3 is 0 Å². The second kappa shape index (κ2) is 5.25. The van der Waals surface area contributed by atoms with Crippen molar-refractivity contribution in [3.05, 3.63) is 0 Å². The lowest BCUT2D eigenvalue weighted by Gasteiger charge is -2.47. The molecule has 0 radical (unpaired) electrons. The molecule has 2 rings (SSSR count). The normalized spacial score (nSPS) is 44.8. The van der Waals surface area contributed by atoms with Crippen LogP contribution in [0.1, 0.15) is 52.4 Å². The standard InChI is InChI=1S/C14H28N2O/c1-11-5-7-16(12(2)8-11)13-4-3-6-14(15,9-13)10-17/h11-13,17H,3-10,15H2,1-2H3. The lowest BCUT2D eigenvalue weighted by molar-refractivity contribution is 0.0302. The van der Waals surface area contributed by atoms with Gasteiger partial charge in [-0.25, -0.2) is 0 Å². The van der Waals surface area contributed by atoms with E-state index in [1.165, 1.54) is 32.2 Å². The van der Waals surface area contributed by atoms with E-state index < -0.39 is 0 Å². The summed E-state index contributed by atoms with van der Waals surface area (Å²) >= 11 is 0. The number of likely N-dealkylation sites (tertiary alicyclic amines) is 1. The SMILES string of the molecule is CC1CCN(C2CCCC(N)(CO)C2)C(C)C1. The first kappa shape index (κ1) is 13.3. The van der Waals surface area contributed by atoms with Crippen molar-refractivity contribution >= 4 is 0 Å². The van der Waals surface area contributed by atoms with E-state index in [4.69, 9.17) is 5.73 Å². The average molecular weight is 240 g/mol. The van der Waals surface area contributed by atoms with Gasteiger partial charge < -0.3 is 10.8 Å². The van der Waals surface area contributed by atoms with E-state index in [2.05, 4.69) is 18.7 Å². The summed E-state index contributed by atoms with van der Waals surface area (Å²) < 4.78 is 0. The Labute approximate surface area is 105 Å². The summed E-state index contributed by atoms with van der Waals surface area (Å²) in [6.07, 6.45) is 7.02. The third-order valence-corrected chi connectivity index (χ3v) is 4.83. The zero-order valence-corrected chi connectivity index (χ0v) is 11.4. The lowest BCUT2D eigenvalue weighted by Crippen LogP contribution is -2.56. The van der Waals surface area contributed by atoms with Gasteiger partial charge in [-0.05, 0) is 57.9 Å². The summed E-state index contributed by atoms with van der Waals surface area (Å²) in [5.74, 6) is 0.866. The Morgan fingerprint density at radius 3 is 2.76 bits per heavy atom. The van der Waals surface area contributed by atoms with Crippen LogP contribution in [0, 0.1) is 5.92 Å². The zero-order chi connectivity index (χ0) is 12.5. The summed E-state index contributed by atoms with van der Waals surface area (Å²) in [4.78, 5) is 2.65. The highest BCUT2D eigenvalue weighted by Crippen LogP contribution is 2.33. The van der Waals surface area contributed by atoms with Crippen molar-refractivity contribution in [1.82, 2.24) is 4.90 Å². The molecule has 1 saturated carbocycles. The maximum Gasteiger partial charge on any atom is 0.0611 e.